The van der Waals surface area contributed by atoms with E-state index in [9.17, 15) is 9.18 Å². The van der Waals surface area contributed by atoms with Crippen molar-refractivity contribution in [2.45, 2.75) is 53.0 Å². The van der Waals surface area contributed by atoms with Crippen molar-refractivity contribution < 1.29 is 9.18 Å². The highest BCUT2D eigenvalue weighted by Gasteiger charge is 2.19. The van der Waals surface area contributed by atoms with Crippen LogP contribution in [0.25, 0.3) is 0 Å². The summed E-state index contributed by atoms with van der Waals surface area (Å²) in [6, 6.07) is 6.67. The maximum Gasteiger partial charge on any atom is 0.221 e. The molecule has 0 unspecified atom stereocenters. The van der Waals surface area contributed by atoms with Gasteiger partial charge in [0.1, 0.15) is 11.6 Å². The predicted octanol–water partition coefficient (Wildman–Crippen LogP) is 4.04. The van der Waals surface area contributed by atoms with Gasteiger partial charge >= 0.3 is 0 Å². The van der Waals surface area contributed by atoms with Crippen molar-refractivity contribution in [1.29, 1.82) is 0 Å². The van der Waals surface area contributed by atoms with Crippen LogP contribution in [0.1, 0.15) is 51.9 Å². The van der Waals surface area contributed by atoms with Crippen LogP contribution in [0.5, 0.6) is 0 Å². The Balaban J connectivity index is 2.00. The van der Waals surface area contributed by atoms with Crippen molar-refractivity contribution >= 4 is 22.6 Å². The first-order chi connectivity index (χ1) is 12.9. The smallest absolute Gasteiger partial charge is 0.221 e. The van der Waals surface area contributed by atoms with Crippen LogP contribution in [0.4, 0.5) is 9.52 Å². The highest BCUT2D eigenvalue weighted by atomic mass is 32.1. The minimum atomic E-state index is -0.246. The molecule has 5 nitrogen and oxygen atoms in total. The van der Waals surface area contributed by atoms with Gasteiger partial charge in [0.15, 0.2) is 0 Å². The molecule has 1 N–H and O–H groups in total. The number of hydrogen-bond donors (Lipinski definition) is 1. The molecule has 2 aromatic rings. The largest absolute Gasteiger partial charge is 0.356 e. The zero-order chi connectivity index (χ0) is 19.8. The monoisotopic (exact) mass is 392 g/mol. The maximum absolute atomic E-state index is 13.0. The molecule has 1 heterocycles. The van der Waals surface area contributed by atoms with Gasteiger partial charge in [-0.3, -0.25) is 4.79 Å². The molecule has 0 aliphatic heterocycles. The van der Waals surface area contributed by atoms with Gasteiger partial charge in [0.05, 0.1) is 0 Å². The van der Waals surface area contributed by atoms with Gasteiger partial charge in [-0.25, -0.2) is 9.37 Å². The highest BCUT2D eigenvalue weighted by molar-refractivity contribution is 7.09. The van der Waals surface area contributed by atoms with E-state index >= 15 is 0 Å². The second-order valence-electron chi connectivity index (χ2n) is 7.20. The Morgan fingerprint density at radius 3 is 2.59 bits per heavy atom. The van der Waals surface area contributed by atoms with E-state index in [1.807, 2.05) is 0 Å². The number of carbonyl (C=O) groups is 1. The second-order valence-corrected chi connectivity index (χ2v) is 7.93. The zero-order valence-corrected chi connectivity index (χ0v) is 17.4. The zero-order valence-electron chi connectivity index (χ0n) is 16.5. The summed E-state index contributed by atoms with van der Waals surface area (Å²) in [4.78, 5) is 18.9. The SMILES string of the molecule is CC[C@@H](C)N(CCC(=O)NCC(C)C)c1nc(Cc2ccc(F)cc2)ns1. The van der Waals surface area contributed by atoms with Crippen LogP contribution in [0.2, 0.25) is 0 Å². The summed E-state index contributed by atoms with van der Waals surface area (Å²) < 4.78 is 17.5. The van der Waals surface area contributed by atoms with E-state index in [1.165, 1.54) is 23.7 Å². The lowest BCUT2D eigenvalue weighted by Crippen LogP contribution is -2.37. The average molecular weight is 393 g/mol. The maximum atomic E-state index is 13.0. The van der Waals surface area contributed by atoms with Gasteiger partial charge in [-0.15, -0.1) is 0 Å². The standard InChI is InChI=1S/C20H29FN4OS/c1-5-15(4)25(11-10-19(26)22-13-14(2)3)20-23-18(24-27-20)12-16-6-8-17(21)9-7-16/h6-9,14-15H,5,10-13H2,1-4H3,(H,22,26)/t15-/m1/s1. The summed E-state index contributed by atoms with van der Waals surface area (Å²) in [5.74, 6) is 0.980. The second kappa shape index (κ2) is 10.3. The Morgan fingerprint density at radius 2 is 1.96 bits per heavy atom. The average Bonchev–Trinajstić information content (AvgIpc) is 3.10. The molecule has 1 aromatic carbocycles. The molecule has 0 bridgehead atoms. The summed E-state index contributed by atoms with van der Waals surface area (Å²) >= 11 is 1.35. The van der Waals surface area contributed by atoms with E-state index in [0.717, 1.165) is 22.9 Å². The number of halogens is 1. The molecule has 1 aromatic heterocycles. The molecule has 0 saturated heterocycles. The van der Waals surface area contributed by atoms with E-state index < -0.39 is 0 Å². The Labute approximate surface area is 165 Å². The fourth-order valence-corrected chi connectivity index (χ4v) is 3.39. The molecule has 1 atom stereocenters. The lowest BCUT2D eigenvalue weighted by atomic mass is 10.1. The molecule has 27 heavy (non-hydrogen) atoms. The van der Waals surface area contributed by atoms with Gasteiger partial charge in [-0.2, -0.15) is 4.37 Å². The van der Waals surface area contributed by atoms with Crippen molar-refractivity contribution in [2.24, 2.45) is 5.92 Å². The van der Waals surface area contributed by atoms with Crippen molar-refractivity contribution in [3.05, 3.63) is 41.5 Å². The summed E-state index contributed by atoms with van der Waals surface area (Å²) in [6.07, 6.45) is 1.96. The lowest BCUT2D eigenvalue weighted by molar-refractivity contribution is -0.121. The minimum Gasteiger partial charge on any atom is -0.356 e. The first-order valence-corrected chi connectivity index (χ1v) is 10.3. The lowest BCUT2D eigenvalue weighted by Gasteiger charge is -2.27. The van der Waals surface area contributed by atoms with Crippen LogP contribution in [0.3, 0.4) is 0 Å². The minimum absolute atomic E-state index is 0.0630. The van der Waals surface area contributed by atoms with Gasteiger partial charge in [-0.1, -0.05) is 32.9 Å². The third-order valence-corrected chi connectivity index (χ3v) is 5.18. The van der Waals surface area contributed by atoms with Crippen molar-refractivity contribution in [1.82, 2.24) is 14.7 Å². The number of nitrogens with zero attached hydrogens (tertiary/aromatic N) is 3. The van der Waals surface area contributed by atoms with E-state index in [-0.39, 0.29) is 17.8 Å². The highest BCUT2D eigenvalue weighted by Crippen LogP contribution is 2.22. The molecule has 7 heteroatoms. The fraction of sp³-hybridized carbons (Fsp3) is 0.550. The van der Waals surface area contributed by atoms with Gasteiger partial charge in [-0.05, 0) is 37.0 Å². The quantitative estimate of drug-likeness (QED) is 0.663. The molecule has 1 amide bonds. The van der Waals surface area contributed by atoms with Crippen molar-refractivity contribution in [3.8, 4) is 0 Å². The summed E-state index contributed by atoms with van der Waals surface area (Å²) in [5.41, 5.74) is 0.976. The fourth-order valence-electron chi connectivity index (χ4n) is 2.57. The number of carbonyl (C=O) groups excluding carboxylic acids is 1. The summed E-state index contributed by atoms with van der Waals surface area (Å²) in [5, 5.41) is 3.79. The summed E-state index contributed by atoms with van der Waals surface area (Å²) in [7, 11) is 0. The van der Waals surface area contributed by atoms with Gasteiger partial charge < -0.3 is 10.2 Å². The number of hydrogen-bond acceptors (Lipinski definition) is 5. The number of rotatable bonds is 10. The Bertz CT molecular complexity index is 717. The normalized spacial score (nSPS) is 12.2. The molecule has 148 valence electrons. The topological polar surface area (TPSA) is 58.1 Å². The summed E-state index contributed by atoms with van der Waals surface area (Å²) in [6.45, 7) is 9.72. The molecule has 0 radical (unpaired) electrons. The molecule has 0 fully saturated rings. The van der Waals surface area contributed by atoms with Crippen LogP contribution in [0.15, 0.2) is 24.3 Å². The van der Waals surface area contributed by atoms with E-state index in [2.05, 4.69) is 47.3 Å². The Morgan fingerprint density at radius 1 is 1.26 bits per heavy atom. The van der Waals surface area contributed by atoms with Gasteiger partial charge in [0.2, 0.25) is 11.0 Å². The van der Waals surface area contributed by atoms with E-state index in [0.29, 0.717) is 31.8 Å². The first-order valence-electron chi connectivity index (χ1n) is 9.49. The van der Waals surface area contributed by atoms with Crippen LogP contribution in [-0.4, -0.2) is 34.4 Å². The molecule has 2 rings (SSSR count). The van der Waals surface area contributed by atoms with Crippen molar-refractivity contribution in [2.75, 3.05) is 18.0 Å². The van der Waals surface area contributed by atoms with Gasteiger partial charge in [0.25, 0.3) is 0 Å². The van der Waals surface area contributed by atoms with E-state index in [1.54, 1.807) is 12.1 Å². The van der Waals surface area contributed by atoms with Gasteiger partial charge in [0, 0.05) is 43.5 Å². The Hall–Kier alpha value is -2.02. The van der Waals surface area contributed by atoms with Crippen molar-refractivity contribution in [3.63, 3.8) is 0 Å². The predicted molar refractivity (Wildman–Crippen MR) is 109 cm³/mol. The molecule has 0 aliphatic rings. The first kappa shape index (κ1) is 21.3. The Kier molecular flexibility index (Phi) is 8.16. The third-order valence-electron chi connectivity index (χ3n) is 4.39. The molecule has 0 aliphatic carbocycles. The number of amides is 1. The molecular formula is C20H29FN4OS. The van der Waals surface area contributed by atoms with Crippen LogP contribution >= 0.6 is 11.5 Å². The van der Waals surface area contributed by atoms with E-state index in [4.69, 9.17) is 0 Å². The van der Waals surface area contributed by atoms with Crippen LogP contribution in [-0.2, 0) is 11.2 Å². The third kappa shape index (κ3) is 6.90. The molecule has 0 spiro atoms. The number of nitrogens with one attached hydrogen (secondary N) is 1. The molecule has 0 saturated carbocycles. The number of benzene rings is 1. The number of aromatic nitrogens is 2. The van der Waals surface area contributed by atoms with Crippen LogP contribution in [0, 0.1) is 11.7 Å². The molecular weight excluding hydrogens is 363 g/mol. The number of anilines is 1. The van der Waals surface area contributed by atoms with Crippen LogP contribution < -0.4 is 10.2 Å².